The van der Waals surface area contributed by atoms with Gasteiger partial charge in [-0.05, 0) is 99.3 Å². The molecule has 3 aromatic rings. The molecule has 1 unspecified atom stereocenters. The number of hydrogen-bond donors (Lipinski definition) is 0. The second-order valence-corrected chi connectivity index (χ2v) is 10.8. The molecule has 3 rings (SSSR count). The molecule has 0 saturated carbocycles. The van der Waals surface area contributed by atoms with Crippen molar-refractivity contribution >= 4 is 5.95 Å². The van der Waals surface area contributed by atoms with Crippen molar-refractivity contribution in [2.24, 2.45) is 7.05 Å². The molecule has 0 amide bonds. The van der Waals surface area contributed by atoms with Gasteiger partial charge < -0.3 is 9.80 Å². The van der Waals surface area contributed by atoms with Crippen molar-refractivity contribution in [3.05, 3.63) is 69.8 Å². The lowest BCUT2D eigenvalue weighted by molar-refractivity contribution is -0.143. The third-order valence-corrected chi connectivity index (χ3v) is 7.03. The van der Waals surface area contributed by atoms with Gasteiger partial charge in [0.15, 0.2) is 0 Å². The molecule has 0 spiro atoms. The summed E-state index contributed by atoms with van der Waals surface area (Å²) in [4.78, 5) is 6.24. The van der Waals surface area contributed by atoms with Crippen LogP contribution in [0.25, 0.3) is 0 Å². The largest absolute Gasteiger partial charge is 0.416 e. The van der Waals surface area contributed by atoms with Crippen LogP contribution in [-0.2, 0) is 38.7 Å². The first-order chi connectivity index (χ1) is 20.3. The zero-order valence-electron chi connectivity index (χ0n) is 24.8. The highest BCUT2D eigenvalue weighted by Gasteiger charge is 2.37. The van der Waals surface area contributed by atoms with Crippen molar-refractivity contribution in [3.63, 3.8) is 0 Å². The van der Waals surface area contributed by atoms with Crippen molar-refractivity contribution in [2.75, 3.05) is 39.1 Å². The molecule has 0 radical (unpaired) electrons. The molecule has 7 nitrogen and oxygen atoms in total. The highest BCUT2D eigenvalue weighted by molar-refractivity contribution is 5.42. The molecule has 1 aromatic heterocycles. The smallest absolute Gasteiger partial charge is 0.330 e. The topological polar surface area (TPSA) is 53.3 Å². The van der Waals surface area contributed by atoms with Crippen molar-refractivity contribution < 1.29 is 39.5 Å². The first kappa shape index (κ1) is 35.1. The predicted octanol–water partition coefficient (Wildman–Crippen LogP) is 6.81. The summed E-state index contributed by atoms with van der Waals surface area (Å²) in [7, 11) is 7.08. The van der Waals surface area contributed by atoms with Gasteiger partial charge in [-0.1, -0.05) is 18.1 Å². The van der Waals surface area contributed by atoms with E-state index in [1.807, 2.05) is 37.9 Å². The average Bonchev–Trinajstić information content (AvgIpc) is 3.33. The first-order valence-corrected chi connectivity index (χ1v) is 13.6. The van der Waals surface area contributed by atoms with Crippen LogP contribution in [0.5, 0.6) is 0 Å². The fraction of sp³-hybridized carbons (Fsp3) is 0.536. The van der Waals surface area contributed by atoms with Crippen LogP contribution in [-0.4, -0.2) is 64.2 Å². The molecule has 1 heterocycles. The van der Waals surface area contributed by atoms with Crippen molar-refractivity contribution in [3.8, 4) is 0 Å². The number of halogens is 9. The number of hydrogen-bond acceptors (Lipinski definition) is 6. The fourth-order valence-corrected chi connectivity index (χ4v) is 4.94. The van der Waals surface area contributed by atoms with Crippen LogP contribution < -0.4 is 4.90 Å². The molecule has 2 aromatic carbocycles. The molecule has 44 heavy (non-hydrogen) atoms. The van der Waals surface area contributed by atoms with Crippen LogP contribution in [0.3, 0.4) is 0 Å². The van der Waals surface area contributed by atoms with Gasteiger partial charge in [0.2, 0.25) is 0 Å². The molecule has 0 aliphatic heterocycles. The number of tetrazole rings is 1. The van der Waals surface area contributed by atoms with E-state index in [4.69, 9.17) is 0 Å². The second kappa shape index (κ2) is 13.7. The number of aromatic nitrogens is 4. The van der Waals surface area contributed by atoms with Gasteiger partial charge in [-0.3, -0.25) is 4.90 Å². The van der Waals surface area contributed by atoms with E-state index >= 15 is 0 Å². The van der Waals surface area contributed by atoms with Gasteiger partial charge in [0.1, 0.15) is 0 Å². The molecule has 244 valence electrons. The lowest BCUT2D eigenvalue weighted by Crippen LogP contribution is -2.30. The summed E-state index contributed by atoms with van der Waals surface area (Å²) in [6, 6.07) is 4.08. The van der Waals surface area contributed by atoms with E-state index in [1.165, 1.54) is 18.0 Å². The highest BCUT2D eigenvalue weighted by Crippen LogP contribution is 2.38. The Morgan fingerprint density at radius 1 is 0.773 bits per heavy atom. The SMILES string of the molecule is CCC(c1ccc(C(F)(F)F)cc1CN(Cc1cc(C(F)(F)F)cc(C(F)(F)F)c1)c1nnn(C)n1)N(C)CCCN(C)C. The molecule has 0 bridgehead atoms. The molecule has 0 saturated heterocycles. The van der Waals surface area contributed by atoms with E-state index in [0.717, 1.165) is 29.9 Å². The minimum absolute atomic E-state index is 0.0112. The van der Waals surface area contributed by atoms with Crippen LogP contribution in [0, 0.1) is 0 Å². The van der Waals surface area contributed by atoms with E-state index in [9.17, 15) is 39.5 Å². The number of rotatable bonds is 12. The second-order valence-electron chi connectivity index (χ2n) is 10.8. The Balaban J connectivity index is 2.12. The van der Waals surface area contributed by atoms with Gasteiger partial charge in [-0.15, -0.1) is 5.10 Å². The summed E-state index contributed by atoms with van der Waals surface area (Å²) < 4.78 is 123. The maximum atomic E-state index is 13.8. The number of alkyl halides is 9. The van der Waals surface area contributed by atoms with Gasteiger partial charge >= 0.3 is 18.5 Å². The van der Waals surface area contributed by atoms with Gasteiger partial charge in [-0.25, -0.2) is 0 Å². The van der Waals surface area contributed by atoms with E-state index in [-0.39, 0.29) is 35.7 Å². The minimum Gasteiger partial charge on any atom is -0.330 e. The van der Waals surface area contributed by atoms with Crippen LogP contribution in [0.1, 0.15) is 59.2 Å². The number of anilines is 1. The third-order valence-electron chi connectivity index (χ3n) is 7.03. The number of benzene rings is 2. The molecule has 0 aliphatic carbocycles. The van der Waals surface area contributed by atoms with Crippen LogP contribution >= 0.6 is 0 Å². The van der Waals surface area contributed by atoms with Crippen LogP contribution in [0.2, 0.25) is 0 Å². The summed E-state index contributed by atoms with van der Waals surface area (Å²) in [5.41, 5.74) is -3.67. The van der Waals surface area contributed by atoms with E-state index in [0.29, 0.717) is 30.7 Å². The summed E-state index contributed by atoms with van der Waals surface area (Å²) >= 11 is 0. The van der Waals surface area contributed by atoms with Gasteiger partial charge in [0, 0.05) is 19.1 Å². The zero-order chi connectivity index (χ0) is 33.0. The molecule has 0 fully saturated rings. The summed E-state index contributed by atoms with van der Waals surface area (Å²) in [5.74, 6) is -0.186. The maximum absolute atomic E-state index is 13.8. The standard InChI is InChI=1S/C28H34F9N7/c1-6-24(42(4)11-7-10-41(2)3)23-9-8-20(26(29,30)31)14-19(23)17-44(25-38-40-43(5)39-25)16-18-12-21(27(32,33)34)15-22(13-18)28(35,36)37/h8-9,12-15,24H,6-7,10-11,16-17H2,1-5H3. The van der Waals surface area contributed by atoms with Crippen molar-refractivity contribution in [2.45, 2.75) is 57.4 Å². The van der Waals surface area contributed by atoms with Gasteiger partial charge in [-0.2, -0.15) is 44.3 Å². The molecule has 1 atom stereocenters. The fourth-order valence-electron chi connectivity index (χ4n) is 4.94. The Morgan fingerprint density at radius 3 is 1.84 bits per heavy atom. The number of nitrogens with zero attached hydrogens (tertiary/aromatic N) is 7. The molecule has 0 N–H and O–H groups in total. The Morgan fingerprint density at radius 2 is 1.36 bits per heavy atom. The Labute approximate surface area is 249 Å². The van der Waals surface area contributed by atoms with E-state index < -0.39 is 41.8 Å². The average molecular weight is 640 g/mol. The number of aryl methyl sites for hydroxylation is 1. The van der Waals surface area contributed by atoms with Crippen molar-refractivity contribution in [1.82, 2.24) is 30.0 Å². The first-order valence-electron chi connectivity index (χ1n) is 13.6. The normalized spacial score (nSPS) is 13.6. The van der Waals surface area contributed by atoms with E-state index in [1.54, 1.807) is 0 Å². The van der Waals surface area contributed by atoms with Crippen molar-refractivity contribution in [1.29, 1.82) is 0 Å². The van der Waals surface area contributed by atoms with Gasteiger partial charge in [0.25, 0.3) is 5.95 Å². The lowest BCUT2D eigenvalue weighted by atomic mass is 9.94. The van der Waals surface area contributed by atoms with Gasteiger partial charge in [0.05, 0.1) is 23.7 Å². The monoisotopic (exact) mass is 639 g/mol. The highest BCUT2D eigenvalue weighted by atomic mass is 19.4. The van der Waals surface area contributed by atoms with E-state index in [2.05, 4.69) is 15.4 Å². The third kappa shape index (κ3) is 9.30. The van der Waals surface area contributed by atoms with Crippen LogP contribution in [0.15, 0.2) is 36.4 Å². The Hall–Kier alpha value is -3.40. The maximum Gasteiger partial charge on any atom is 0.416 e. The summed E-state index contributed by atoms with van der Waals surface area (Å²) in [5, 5.41) is 11.6. The van der Waals surface area contributed by atoms with Crippen LogP contribution in [0.4, 0.5) is 45.5 Å². The summed E-state index contributed by atoms with van der Waals surface area (Å²) in [6.07, 6.45) is -13.6. The molecule has 0 aliphatic rings. The minimum atomic E-state index is -5.08. The quantitative estimate of drug-likeness (QED) is 0.203. The lowest BCUT2D eigenvalue weighted by Gasteiger charge is -2.31. The zero-order valence-corrected chi connectivity index (χ0v) is 24.8. The Bertz CT molecular complexity index is 1350. The Kier molecular flexibility index (Phi) is 10.9. The molecule has 16 heteroatoms. The summed E-state index contributed by atoms with van der Waals surface area (Å²) in [6.45, 7) is 2.34. The molecular weight excluding hydrogens is 605 g/mol. The predicted molar refractivity (Wildman–Crippen MR) is 145 cm³/mol. The molecular formula is C28H34F9N7.